The first kappa shape index (κ1) is 10.8. The normalized spacial score (nSPS) is 10.2. The molecule has 1 aromatic rings. The van der Waals surface area contributed by atoms with Gasteiger partial charge in [-0.1, -0.05) is 13.3 Å². The summed E-state index contributed by atoms with van der Waals surface area (Å²) in [7, 11) is 2.04. The highest BCUT2D eigenvalue weighted by Crippen LogP contribution is 2.22. The van der Waals surface area contributed by atoms with Crippen LogP contribution in [0.3, 0.4) is 0 Å². The highest BCUT2D eigenvalue weighted by molar-refractivity contribution is 5.65. The fourth-order valence-corrected chi connectivity index (χ4v) is 1.36. The molecule has 3 nitrogen and oxygen atoms in total. The highest BCUT2D eigenvalue weighted by Gasteiger charge is 2.07. The maximum absolute atomic E-state index is 5.95. The van der Waals surface area contributed by atoms with Crippen molar-refractivity contribution in [2.45, 2.75) is 26.7 Å². The summed E-state index contributed by atoms with van der Waals surface area (Å²) in [5.74, 6) is 0.901. The fourth-order valence-electron chi connectivity index (χ4n) is 1.36. The van der Waals surface area contributed by atoms with Crippen molar-refractivity contribution in [2.75, 3.05) is 24.2 Å². The number of anilines is 2. The van der Waals surface area contributed by atoms with Crippen molar-refractivity contribution in [1.82, 2.24) is 4.98 Å². The molecule has 1 heterocycles. The molecule has 0 saturated heterocycles. The Kier molecular flexibility index (Phi) is 3.74. The van der Waals surface area contributed by atoms with E-state index in [0.717, 1.165) is 23.6 Å². The molecular weight excluding hydrogens is 174 g/mol. The first-order valence-electron chi connectivity index (χ1n) is 5.09. The Bertz CT molecular complexity index is 297. The summed E-state index contributed by atoms with van der Waals surface area (Å²) in [5.41, 5.74) is 7.84. The van der Waals surface area contributed by atoms with Crippen molar-refractivity contribution in [3.63, 3.8) is 0 Å². The molecule has 0 atom stereocenters. The van der Waals surface area contributed by atoms with Crippen LogP contribution in [0, 0.1) is 6.92 Å². The second-order valence-electron chi connectivity index (χ2n) is 3.64. The van der Waals surface area contributed by atoms with Gasteiger partial charge in [0, 0.05) is 19.8 Å². The third kappa shape index (κ3) is 2.37. The number of nitrogens with two attached hydrogens (primary N) is 1. The Morgan fingerprint density at radius 1 is 1.50 bits per heavy atom. The maximum Gasteiger partial charge on any atom is 0.151 e. The second-order valence-corrected chi connectivity index (χ2v) is 3.64. The van der Waals surface area contributed by atoms with Crippen LogP contribution in [0.25, 0.3) is 0 Å². The summed E-state index contributed by atoms with van der Waals surface area (Å²) in [6.07, 6.45) is 4.17. The number of pyridine rings is 1. The molecule has 2 N–H and O–H groups in total. The average Bonchev–Trinajstić information content (AvgIpc) is 2.18. The number of nitrogens with zero attached hydrogens (tertiary/aromatic N) is 2. The molecule has 0 aliphatic carbocycles. The van der Waals surface area contributed by atoms with E-state index in [-0.39, 0.29) is 0 Å². The lowest BCUT2D eigenvalue weighted by molar-refractivity contribution is 0.760. The van der Waals surface area contributed by atoms with Gasteiger partial charge in [0.1, 0.15) is 0 Å². The third-order valence-electron chi connectivity index (χ3n) is 2.40. The quantitative estimate of drug-likeness (QED) is 0.797. The summed E-state index contributed by atoms with van der Waals surface area (Å²) >= 11 is 0. The fraction of sp³-hybridized carbons (Fsp3) is 0.545. The molecule has 78 valence electrons. The van der Waals surface area contributed by atoms with E-state index in [1.54, 1.807) is 0 Å². The predicted molar refractivity (Wildman–Crippen MR) is 61.6 cm³/mol. The standard InChI is InChI=1S/C11H19N3/c1-4-5-8-14(3)11-10(12)9(2)6-7-13-11/h6-7H,4-5,8,12H2,1-3H3. The lowest BCUT2D eigenvalue weighted by atomic mass is 10.2. The van der Waals surface area contributed by atoms with Crippen LogP contribution in [0.5, 0.6) is 0 Å². The number of hydrogen-bond donors (Lipinski definition) is 1. The largest absolute Gasteiger partial charge is 0.396 e. The van der Waals surface area contributed by atoms with Crippen LogP contribution in [-0.2, 0) is 0 Å². The van der Waals surface area contributed by atoms with Crippen LogP contribution >= 0.6 is 0 Å². The van der Waals surface area contributed by atoms with Gasteiger partial charge in [-0.3, -0.25) is 0 Å². The molecule has 0 bridgehead atoms. The van der Waals surface area contributed by atoms with Gasteiger partial charge in [-0.2, -0.15) is 0 Å². The zero-order valence-corrected chi connectivity index (χ0v) is 9.25. The molecule has 0 saturated carbocycles. The Balaban J connectivity index is 2.79. The molecule has 0 aliphatic heterocycles. The number of aromatic nitrogens is 1. The lowest BCUT2D eigenvalue weighted by Crippen LogP contribution is -2.21. The van der Waals surface area contributed by atoms with Gasteiger partial charge < -0.3 is 10.6 Å². The monoisotopic (exact) mass is 193 g/mol. The van der Waals surface area contributed by atoms with Gasteiger partial charge in [-0.15, -0.1) is 0 Å². The van der Waals surface area contributed by atoms with E-state index < -0.39 is 0 Å². The molecule has 0 spiro atoms. The molecule has 0 radical (unpaired) electrons. The first-order valence-corrected chi connectivity index (χ1v) is 5.09. The smallest absolute Gasteiger partial charge is 0.151 e. The number of aryl methyl sites for hydroxylation is 1. The van der Waals surface area contributed by atoms with E-state index >= 15 is 0 Å². The summed E-state index contributed by atoms with van der Waals surface area (Å²) in [5, 5.41) is 0. The zero-order valence-electron chi connectivity index (χ0n) is 9.25. The van der Waals surface area contributed by atoms with E-state index in [1.807, 2.05) is 26.2 Å². The number of rotatable bonds is 4. The molecule has 0 fully saturated rings. The van der Waals surface area contributed by atoms with Crippen molar-refractivity contribution < 1.29 is 0 Å². The molecule has 1 rings (SSSR count). The van der Waals surface area contributed by atoms with E-state index in [2.05, 4.69) is 16.8 Å². The second kappa shape index (κ2) is 4.84. The van der Waals surface area contributed by atoms with E-state index in [9.17, 15) is 0 Å². The minimum Gasteiger partial charge on any atom is -0.396 e. The number of hydrogen-bond acceptors (Lipinski definition) is 3. The van der Waals surface area contributed by atoms with Crippen molar-refractivity contribution in [1.29, 1.82) is 0 Å². The number of unbranched alkanes of at least 4 members (excludes halogenated alkanes) is 1. The topological polar surface area (TPSA) is 42.2 Å². The lowest BCUT2D eigenvalue weighted by Gasteiger charge is -2.20. The Hall–Kier alpha value is -1.25. The Morgan fingerprint density at radius 2 is 2.21 bits per heavy atom. The molecular formula is C11H19N3. The van der Waals surface area contributed by atoms with Gasteiger partial charge in [0.05, 0.1) is 5.69 Å². The van der Waals surface area contributed by atoms with Crippen LogP contribution in [0.1, 0.15) is 25.3 Å². The highest BCUT2D eigenvalue weighted by atomic mass is 15.2. The van der Waals surface area contributed by atoms with E-state index in [0.29, 0.717) is 0 Å². The summed E-state index contributed by atoms with van der Waals surface area (Å²) in [6.45, 7) is 5.20. The maximum atomic E-state index is 5.95. The van der Waals surface area contributed by atoms with Gasteiger partial charge in [0.15, 0.2) is 5.82 Å². The molecule has 1 aromatic heterocycles. The minimum atomic E-state index is 0.797. The van der Waals surface area contributed by atoms with Gasteiger partial charge in [0.25, 0.3) is 0 Å². The van der Waals surface area contributed by atoms with Crippen molar-refractivity contribution >= 4 is 11.5 Å². The van der Waals surface area contributed by atoms with Crippen molar-refractivity contribution in [2.24, 2.45) is 0 Å². The van der Waals surface area contributed by atoms with Crippen molar-refractivity contribution in [3.05, 3.63) is 17.8 Å². The average molecular weight is 193 g/mol. The van der Waals surface area contributed by atoms with Gasteiger partial charge in [-0.25, -0.2) is 4.98 Å². The van der Waals surface area contributed by atoms with E-state index in [4.69, 9.17) is 5.73 Å². The molecule has 3 heteroatoms. The van der Waals surface area contributed by atoms with Crippen LogP contribution in [0.2, 0.25) is 0 Å². The molecule has 0 aliphatic rings. The Morgan fingerprint density at radius 3 is 2.86 bits per heavy atom. The molecule has 0 aromatic carbocycles. The van der Waals surface area contributed by atoms with Crippen LogP contribution in [-0.4, -0.2) is 18.6 Å². The summed E-state index contributed by atoms with van der Waals surface area (Å²) in [6, 6.07) is 1.94. The summed E-state index contributed by atoms with van der Waals surface area (Å²) in [4.78, 5) is 6.41. The zero-order chi connectivity index (χ0) is 10.6. The van der Waals surface area contributed by atoms with Crippen molar-refractivity contribution in [3.8, 4) is 0 Å². The first-order chi connectivity index (χ1) is 6.66. The van der Waals surface area contributed by atoms with Gasteiger partial charge in [-0.05, 0) is 25.0 Å². The molecule has 0 unspecified atom stereocenters. The van der Waals surface area contributed by atoms with Gasteiger partial charge in [0.2, 0.25) is 0 Å². The van der Waals surface area contributed by atoms with Gasteiger partial charge >= 0.3 is 0 Å². The van der Waals surface area contributed by atoms with Crippen LogP contribution < -0.4 is 10.6 Å². The molecule has 14 heavy (non-hydrogen) atoms. The summed E-state index contributed by atoms with van der Waals surface area (Å²) < 4.78 is 0. The number of nitrogen functional groups attached to an aromatic ring is 1. The third-order valence-corrected chi connectivity index (χ3v) is 2.40. The predicted octanol–water partition coefficient (Wildman–Crippen LogP) is 2.21. The van der Waals surface area contributed by atoms with E-state index in [1.165, 1.54) is 12.8 Å². The molecule has 0 amide bonds. The Labute approximate surface area is 85.9 Å². The minimum absolute atomic E-state index is 0.797. The SMILES string of the molecule is CCCCN(C)c1nccc(C)c1N. The van der Waals surface area contributed by atoms with Crippen LogP contribution in [0.15, 0.2) is 12.3 Å². The van der Waals surface area contributed by atoms with Crippen LogP contribution in [0.4, 0.5) is 11.5 Å².